The van der Waals surface area contributed by atoms with Gasteiger partial charge in [0, 0.05) is 30.8 Å². The van der Waals surface area contributed by atoms with Gasteiger partial charge in [0.15, 0.2) is 5.78 Å². The lowest BCUT2D eigenvalue weighted by molar-refractivity contribution is 0.103. The zero-order valence-electron chi connectivity index (χ0n) is 11.9. The molecule has 0 unspecified atom stereocenters. The monoisotopic (exact) mass is 359 g/mol. The average Bonchev–Trinajstić information content (AvgIpc) is 3.03. The van der Waals surface area contributed by atoms with Gasteiger partial charge in [0.1, 0.15) is 5.82 Å². The Bertz CT molecular complexity index is 734. The molecule has 0 fully saturated rings. The summed E-state index contributed by atoms with van der Waals surface area (Å²) in [6, 6.07) is 12.0. The van der Waals surface area contributed by atoms with E-state index in [1.165, 1.54) is 6.07 Å². The predicted molar refractivity (Wildman–Crippen MR) is 88.4 cm³/mol. The fourth-order valence-corrected chi connectivity index (χ4v) is 2.81. The molecule has 3 rings (SSSR count). The van der Waals surface area contributed by atoms with Crippen molar-refractivity contribution in [3.8, 4) is 0 Å². The topological polar surface area (TPSA) is 20.3 Å². The van der Waals surface area contributed by atoms with Gasteiger partial charge in [-0.25, -0.2) is 4.39 Å². The SMILES string of the molecule is O=C(c1ccc(Br)c(F)c1)c1ccccc1CN1CC=CC1. The molecule has 2 aromatic rings. The molecule has 2 nitrogen and oxygen atoms in total. The zero-order chi connectivity index (χ0) is 15.5. The molecule has 0 aliphatic carbocycles. The third kappa shape index (κ3) is 3.18. The van der Waals surface area contributed by atoms with Crippen LogP contribution in [0.1, 0.15) is 21.5 Å². The number of hydrogen-bond acceptors (Lipinski definition) is 2. The van der Waals surface area contributed by atoms with Crippen molar-refractivity contribution in [2.24, 2.45) is 0 Å². The van der Waals surface area contributed by atoms with Crippen molar-refractivity contribution >= 4 is 21.7 Å². The summed E-state index contributed by atoms with van der Waals surface area (Å²) in [5.74, 6) is -0.568. The number of nitrogens with zero attached hydrogens (tertiary/aromatic N) is 1. The number of carbonyl (C=O) groups is 1. The summed E-state index contributed by atoms with van der Waals surface area (Å²) in [4.78, 5) is 14.9. The molecular formula is C18H15BrFNO. The van der Waals surface area contributed by atoms with Gasteiger partial charge < -0.3 is 0 Å². The summed E-state index contributed by atoms with van der Waals surface area (Å²) in [5.41, 5.74) is 1.98. The van der Waals surface area contributed by atoms with Crippen LogP contribution in [0.15, 0.2) is 59.1 Å². The predicted octanol–water partition coefficient (Wildman–Crippen LogP) is 4.19. The largest absolute Gasteiger partial charge is 0.292 e. The third-order valence-corrected chi connectivity index (χ3v) is 4.37. The lowest BCUT2D eigenvalue weighted by atomic mass is 9.98. The Labute approximate surface area is 137 Å². The summed E-state index contributed by atoms with van der Waals surface area (Å²) >= 11 is 3.11. The Balaban J connectivity index is 1.89. The Morgan fingerprint density at radius 1 is 1.14 bits per heavy atom. The van der Waals surface area contributed by atoms with E-state index >= 15 is 0 Å². The third-order valence-electron chi connectivity index (χ3n) is 3.73. The summed E-state index contributed by atoms with van der Waals surface area (Å²) in [6.45, 7) is 2.51. The molecule has 4 heteroatoms. The fraction of sp³-hybridized carbons (Fsp3) is 0.167. The van der Waals surface area contributed by atoms with Gasteiger partial charge in [-0.05, 0) is 39.7 Å². The molecular weight excluding hydrogens is 345 g/mol. The minimum Gasteiger partial charge on any atom is -0.292 e. The summed E-state index contributed by atoms with van der Waals surface area (Å²) in [5, 5.41) is 0. The van der Waals surface area contributed by atoms with E-state index in [1.807, 2.05) is 18.2 Å². The van der Waals surface area contributed by atoms with Crippen LogP contribution in [0.4, 0.5) is 4.39 Å². The van der Waals surface area contributed by atoms with Crippen molar-refractivity contribution < 1.29 is 9.18 Å². The molecule has 0 atom stereocenters. The number of ketones is 1. The molecule has 112 valence electrons. The van der Waals surface area contributed by atoms with Crippen molar-refractivity contribution in [3.05, 3.63) is 81.6 Å². The van der Waals surface area contributed by atoms with E-state index in [2.05, 4.69) is 33.0 Å². The van der Waals surface area contributed by atoms with Gasteiger partial charge in [0.25, 0.3) is 0 Å². The standard InChI is InChI=1S/C18H15BrFNO/c19-16-8-7-13(11-17(16)20)18(22)15-6-2-1-5-14(15)12-21-9-3-4-10-21/h1-8,11H,9-10,12H2. The molecule has 0 bridgehead atoms. The van der Waals surface area contributed by atoms with Crippen LogP contribution in [0, 0.1) is 5.82 Å². The second-order valence-electron chi connectivity index (χ2n) is 5.28. The van der Waals surface area contributed by atoms with Gasteiger partial charge in [-0.2, -0.15) is 0 Å². The van der Waals surface area contributed by atoms with E-state index in [1.54, 1.807) is 18.2 Å². The van der Waals surface area contributed by atoms with Gasteiger partial charge in [0.05, 0.1) is 4.47 Å². The highest BCUT2D eigenvalue weighted by Gasteiger charge is 2.17. The molecule has 22 heavy (non-hydrogen) atoms. The van der Waals surface area contributed by atoms with E-state index in [9.17, 15) is 9.18 Å². The number of hydrogen-bond donors (Lipinski definition) is 0. The van der Waals surface area contributed by atoms with Gasteiger partial charge in [-0.15, -0.1) is 0 Å². The lowest BCUT2D eigenvalue weighted by Gasteiger charge is -2.17. The van der Waals surface area contributed by atoms with Crippen molar-refractivity contribution in [1.82, 2.24) is 4.90 Å². The van der Waals surface area contributed by atoms with Crippen LogP contribution in [0.25, 0.3) is 0 Å². The first-order valence-electron chi connectivity index (χ1n) is 7.10. The molecule has 0 aromatic heterocycles. The summed E-state index contributed by atoms with van der Waals surface area (Å²) < 4.78 is 14.0. The lowest BCUT2D eigenvalue weighted by Crippen LogP contribution is -2.21. The van der Waals surface area contributed by atoms with Crippen molar-refractivity contribution in [2.45, 2.75) is 6.54 Å². The van der Waals surface area contributed by atoms with Crippen LogP contribution in [-0.4, -0.2) is 23.8 Å². The number of rotatable bonds is 4. The fourth-order valence-electron chi connectivity index (χ4n) is 2.56. The Kier molecular flexibility index (Phi) is 4.50. The van der Waals surface area contributed by atoms with Gasteiger partial charge >= 0.3 is 0 Å². The van der Waals surface area contributed by atoms with Crippen LogP contribution >= 0.6 is 15.9 Å². The van der Waals surface area contributed by atoms with E-state index in [4.69, 9.17) is 0 Å². The minimum absolute atomic E-state index is 0.144. The van der Waals surface area contributed by atoms with E-state index < -0.39 is 5.82 Å². The van der Waals surface area contributed by atoms with Crippen molar-refractivity contribution in [2.75, 3.05) is 13.1 Å². The molecule has 2 aromatic carbocycles. The molecule has 0 saturated heterocycles. The molecule has 1 aliphatic heterocycles. The molecule has 0 radical (unpaired) electrons. The van der Waals surface area contributed by atoms with Crippen LogP contribution in [0.5, 0.6) is 0 Å². The summed E-state index contributed by atoms with van der Waals surface area (Å²) in [6.07, 6.45) is 4.24. The second kappa shape index (κ2) is 6.55. The van der Waals surface area contributed by atoms with Crippen molar-refractivity contribution in [1.29, 1.82) is 0 Å². The minimum atomic E-state index is -0.424. The quantitative estimate of drug-likeness (QED) is 0.602. The van der Waals surface area contributed by atoms with E-state index in [0.717, 1.165) is 18.7 Å². The summed E-state index contributed by atoms with van der Waals surface area (Å²) in [7, 11) is 0. The highest BCUT2D eigenvalue weighted by atomic mass is 79.9. The maximum atomic E-state index is 13.7. The maximum Gasteiger partial charge on any atom is 0.193 e. The Morgan fingerprint density at radius 2 is 1.86 bits per heavy atom. The number of benzene rings is 2. The van der Waals surface area contributed by atoms with Gasteiger partial charge in [0.2, 0.25) is 0 Å². The number of carbonyl (C=O) groups excluding carboxylic acids is 1. The molecule has 0 amide bonds. The first kappa shape index (κ1) is 15.1. The molecule has 0 spiro atoms. The highest BCUT2D eigenvalue weighted by molar-refractivity contribution is 9.10. The molecule has 1 heterocycles. The first-order chi connectivity index (χ1) is 10.6. The van der Waals surface area contributed by atoms with Crippen LogP contribution in [0.3, 0.4) is 0 Å². The zero-order valence-corrected chi connectivity index (χ0v) is 13.5. The van der Waals surface area contributed by atoms with Crippen LogP contribution < -0.4 is 0 Å². The first-order valence-corrected chi connectivity index (χ1v) is 7.89. The van der Waals surface area contributed by atoms with Gasteiger partial charge in [-0.1, -0.05) is 36.4 Å². The molecule has 1 aliphatic rings. The Hall–Kier alpha value is -1.78. The second-order valence-corrected chi connectivity index (χ2v) is 6.13. The van der Waals surface area contributed by atoms with E-state index in [-0.39, 0.29) is 5.78 Å². The van der Waals surface area contributed by atoms with Crippen molar-refractivity contribution in [3.63, 3.8) is 0 Å². The van der Waals surface area contributed by atoms with Crippen LogP contribution in [-0.2, 0) is 6.54 Å². The smallest absolute Gasteiger partial charge is 0.193 e. The Morgan fingerprint density at radius 3 is 2.59 bits per heavy atom. The maximum absolute atomic E-state index is 13.7. The van der Waals surface area contributed by atoms with Gasteiger partial charge in [-0.3, -0.25) is 9.69 Å². The average molecular weight is 360 g/mol. The van der Waals surface area contributed by atoms with Crippen LogP contribution in [0.2, 0.25) is 0 Å². The molecule has 0 saturated carbocycles. The van der Waals surface area contributed by atoms with E-state index in [0.29, 0.717) is 22.1 Å². The number of halogens is 2. The highest BCUT2D eigenvalue weighted by Crippen LogP contribution is 2.21. The normalized spacial score (nSPS) is 14.5. The molecule has 0 N–H and O–H groups in total.